The molecule has 0 saturated carbocycles. The fourth-order valence-electron chi connectivity index (χ4n) is 2.96. The van der Waals surface area contributed by atoms with Gasteiger partial charge in [-0.1, -0.05) is 35.0 Å². The minimum atomic E-state index is -1.18. The number of nitrogens with zero attached hydrogens (tertiary/aromatic N) is 2. The lowest BCUT2D eigenvalue weighted by Gasteiger charge is -2.12. The lowest BCUT2D eigenvalue weighted by Crippen LogP contribution is -2.02. The first kappa shape index (κ1) is 20.7. The van der Waals surface area contributed by atoms with E-state index < -0.39 is 23.2 Å². The molecule has 158 valence electrons. The molecule has 3 aromatic carbocycles. The number of hydrogen-bond acceptors (Lipinski definition) is 5. The molecule has 2 N–H and O–H groups in total. The molecular formula is C22H15ClF3N3O2. The summed E-state index contributed by atoms with van der Waals surface area (Å²) in [6.45, 7) is 2.26. The third-order valence-electron chi connectivity index (χ3n) is 4.70. The van der Waals surface area contributed by atoms with E-state index >= 15 is 0 Å². The van der Waals surface area contributed by atoms with Gasteiger partial charge in [-0.05, 0) is 48.4 Å². The van der Waals surface area contributed by atoms with Crippen molar-refractivity contribution in [2.45, 2.75) is 13.5 Å². The molecule has 0 amide bonds. The number of phenolic OH excluding ortho intramolecular Hbond substituents is 1. The largest absolute Gasteiger partial charge is 0.503 e. The first-order valence-electron chi connectivity index (χ1n) is 9.13. The zero-order valence-electron chi connectivity index (χ0n) is 16.1. The molecule has 1 heterocycles. The van der Waals surface area contributed by atoms with Crippen molar-refractivity contribution in [3.63, 3.8) is 0 Å². The summed E-state index contributed by atoms with van der Waals surface area (Å²) in [5.41, 5.74) is 2.78. The molecule has 9 heteroatoms. The van der Waals surface area contributed by atoms with Gasteiger partial charge in [-0.2, -0.15) is 4.98 Å². The number of aromatic hydroxyl groups is 1. The number of aryl methyl sites for hydroxylation is 1. The number of nitrogens with one attached hydrogen (secondary N) is 1. The maximum absolute atomic E-state index is 14.1. The number of hydrogen-bond donors (Lipinski definition) is 2. The molecule has 0 unspecified atom stereocenters. The summed E-state index contributed by atoms with van der Waals surface area (Å²) in [5, 5.41) is 16.8. The number of rotatable bonds is 5. The van der Waals surface area contributed by atoms with Crippen molar-refractivity contribution in [2.24, 2.45) is 0 Å². The Hall–Kier alpha value is -3.52. The lowest BCUT2D eigenvalue weighted by molar-refractivity contribution is 0.392. The predicted molar refractivity (Wildman–Crippen MR) is 110 cm³/mol. The van der Waals surface area contributed by atoms with Crippen molar-refractivity contribution < 1.29 is 22.8 Å². The summed E-state index contributed by atoms with van der Waals surface area (Å²) in [7, 11) is 0. The summed E-state index contributed by atoms with van der Waals surface area (Å²) in [4.78, 5) is 4.15. The van der Waals surface area contributed by atoms with E-state index in [9.17, 15) is 18.3 Å². The van der Waals surface area contributed by atoms with Crippen LogP contribution in [0.15, 0.2) is 53.1 Å². The van der Waals surface area contributed by atoms with E-state index in [0.717, 1.165) is 28.9 Å². The highest BCUT2D eigenvalue weighted by Gasteiger charge is 2.19. The highest BCUT2D eigenvalue weighted by molar-refractivity contribution is 6.31. The maximum atomic E-state index is 14.1. The second-order valence-electron chi connectivity index (χ2n) is 6.80. The predicted octanol–water partition coefficient (Wildman–Crippen LogP) is 6.10. The van der Waals surface area contributed by atoms with Gasteiger partial charge in [-0.25, -0.2) is 13.2 Å². The molecule has 0 aliphatic heterocycles. The van der Waals surface area contributed by atoms with E-state index in [-0.39, 0.29) is 17.3 Å². The second kappa shape index (κ2) is 8.31. The van der Waals surface area contributed by atoms with E-state index in [2.05, 4.69) is 15.5 Å². The quantitative estimate of drug-likeness (QED) is 0.388. The Morgan fingerprint density at radius 2 is 1.87 bits per heavy atom. The standard InChI is InChI=1S/C22H15ClF3N3O2/c1-11-2-3-12(8-18(11)27-10-13-4-5-14(24)9-16(13)23)21-28-22(31-29-21)15-6-7-17(25)20(30)19(15)26/h2-9,27,30H,10H2,1H3. The topological polar surface area (TPSA) is 71.2 Å². The van der Waals surface area contributed by atoms with Crippen LogP contribution in [0, 0.1) is 24.4 Å². The van der Waals surface area contributed by atoms with Crippen LogP contribution in [0.1, 0.15) is 11.1 Å². The highest BCUT2D eigenvalue weighted by Crippen LogP contribution is 2.31. The average Bonchev–Trinajstić information content (AvgIpc) is 3.22. The van der Waals surface area contributed by atoms with Crippen LogP contribution in [-0.2, 0) is 6.54 Å². The van der Waals surface area contributed by atoms with Crippen molar-refractivity contribution in [1.82, 2.24) is 10.1 Å². The zero-order valence-corrected chi connectivity index (χ0v) is 16.8. The molecule has 4 rings (SSSR count). The van der Waals surface area contributed by atoms with Crippen molar-refractivity contribution in [3.05, 3.63) is 82.1 Å². The highest BCUT2D eigenvalue weighted by atomic mass is 35.5. The number of phenols is 1. The molecule has 0 atom stereocenters. The fraction of sp³-hybridized carbons (Fsp3) is 0.0909. The van der Waals surface area contributed by atoms with Crippen molar-refractivity contribution in [3.8, 4) is 28.6 Å². The Bertz CT molecular complexity index is 1280. The minimum absolute atomic E-state index is 0.182. The molecule has 0 saturated heterocycles. The molecule has 1 aromatic heterocycles. The van der Waals surface area contributed by atoms with Crippen LogP contribution >= 0.6 is 11.6 Å². The third-order valence-corrected chi connectivity index (χ3v) is 5.06. The van der Waals surface area contributed by atoms with Gasteiger partial charge in [0.15, 0.2) is 17.4 Å². The van der Waals surface area contributed by atoms with Crippen molar-refractivity contribution in [1.29, 1.82) is 0 Å². The van der Waals surface area contributed by atoms with Gasteiger partial charge >= 0.3 is 0 Å². The third kappa shape index (κ3) is 4.20. The smallest absolute Gasteiger partial charge is 0.261 e. The lowest BCUT2D eigenvalue weighted by atomic mass is 10.1. The number of anilines is 1. The van der Waals surface area contributed by atoms with Gasteiger partial charge in [-0.15, -0.1) is 0 Å². The molecule has 0 aliphatic carbocycles. The van der Waals surface area contributed by atoms with Gasteiger partial charge in [0.25, 0.3) is 5.89 Å². The molecule has 5 nitrogen and oxygen atoms in total. The number of aromatic nitrogens is 2. The van der Waals surface area contributed by atoms with Crippen molar-refractivity contribution in [2.75, 3.05) is 5.32 Å². The monoisotopic (exact) mass is 445 g/mol. The summed E-state index contributed by atoms with van der Waals surface area (Å²) in [6.07, 6.45) is 0. The molecule has 0 spiro atoms. The van der Waals surface area contributed by atoms with Crippen LogP contribution in [0.3, 0.4) is 0 Å². The van der Waals surface area contributed by atoms with Crippen molar-refractivity contribution >= 4 is 17.3 Å². The van der Waals surface area contributed by atoms with Gasteiger partial charge in [0.1, 0.15) is 5.82 Å². The molecule has 0 aliphatic rings. The summed E-state index contributed by atoms with van der Waals surface area (Å²) in [6, 6.07) is 11.6. The molecule has 0 bridgehead atoms. The van der Waals surface area contributed by atoms with E-state index in [4.69, 9.17) is 16.1 Å². The van der Waals surface area contributed by atoms with Crippen LogP contribution in [0.4, 0.5) is 18.9 Å². The summed E-state index contributed by atoms with van der Waals surface area (Å²) in [5.74, 6) is -3.81. The maximum Gasteiger partial charge on any atom is 0.261 e. The fourth-order valence-corrected chi connectivity index (χ4v) is 3.20. The Kier molecular flexibility index (Phi) is 5.56. The van der Waals surface area contributed by atoms with Gasteiger partial charge < -0.3 is 14.9 Å². The molecular weight excluding hydrogens is 431 g/mol. The van der Waals surface area contributed by atoms with Gasteiger partial charge in [0.2, 0.25) is 5.82 Å². The van der Waals surface area contributed by atoms with Crippen LogP contribution in [0.2, 0.25) is 5.02 Å². The van der Waals surface area contributed by atoms with Gasteiger partial charge in [0.05, 0.1) is 5.56 Å². The molecule has 31 heavy (non-hydrogen) atoms. The minimum Gasteiger partial charge on any atom is -0.503 e. The van der Waals surface area contributed by atoms with E-state index in [1.807, 2.05) is 13.0 Å². The summed E-state index contributed by atoms with van der Waals surface area (Å²) >= 11 is 6.07. The van der Waals surface area contributed by atoms with E-state index in [1.165, 1.54) is 12.1 Å². The normalized spacial score (nSPS) is 11.0. The first-order chi connectivity index (χ1) is 14.8. The van der Waals surface area contributed by atoms with Crippen LogP contribution < -0.4 is 5.32 Å². The average molecular weight is 446 g/mol. The van der Waals surface area contributed by atoms with Crippen LogP contribution in [0.5, 0.6) is 5.75 Å². The second-order valence-corrected chi connectivity index (χ2v) is 7.21. The van der Waals surface area contributed by atoms with Gasteiger partial charge in [0, 0.05) is 22.8 Å². The Morgan fingerprint density at radius 3 is 2.65 bits per heavy atom. The SMILES string of the molecule is Cc1ccc(-c2noc(-c3ccc(F)c(O)c3F)n2)cc1NCc1ccc(F)cc1Cl. The number of benzene rings is 3. The Labute approximate surface area is 180 Å². The van der Waals surface area contributed by atoms with E-state index in [1.54, 1.807) is 18.2 Å². The Morgan fingerprint density at radius 1 is 1.06 bits per heavy atom. The van der Waals surface area contributed by atoms with Gasteiger partial charge in [-0.3, -0.25) is 0 Å². The first-order valence-corrected chi connectivity index (χ1v) is 9.51. The van der Waals surface area contributed by atoms with E-state index in [0.29, 0.717) is 17.1 Å². The Balaban J connectivity index is 1.59. The van der Waals surface area contributed by atoms with Crippen LogP contribution in [-0.4, -0.2) is 15.2 Å². The molecule has 0 fully saturated rings. The van der Waals surface area contributed by atoms with Crippen LogP contribution in [0.25, 0.3) is 22.8 Å². The molecule has 4 aromatic rings. The number of halogens is 4. The summed E-state index contributed by atoms with van der Waals surface area (Å²) < 4.78 is 45.7. The molecule has 0 radical (unpaired) electrons. The zero-order chi connectivity index (χ0) is 22.1.